The second-order valence-electron chi connectivity index (χ2n) is 6.17. The number of aryl methyl sites for hydroxylation is 2. The van der Waals surface area contributed by atoms with Crippen molar-refractivity contribution in [2.75, 3.05) is 29.5 Å². The maximum Gasteiger partial charge on any atom is 0.337 e. The fraction of sp³-hybridized carbons (Fsp3) is 0.263. The van der Waals surface area contributed by atoms with E-state index in [4.69, 9.17) is 0 Å². The van der Waals surface area contributed by atoms with Crippen LogP contribution in [0.1, 0.15) is 21.5 Å². The van der Waals surface area contributed by atoms with Gasteiger partial charge < -0.3 is 10.1 Å². The van der Waals surface area contributed by atoms with Crippen molar-refractivity contribution >= 4 is 33.3 Å². The zero-order valence-corrected chi connectivity index (χ0v) is 16.5. The number of anilines is 2. The highest BCUT2D eigenvalue weighted by atomic mass is 32.2. The number of esters is 1. The van der Waals surface area contributed by atoms with Gasteiger partial charge in [0.25, 0.3) is 0 Å². The third-order valence-electron chi connectivity index (χ3n) is 3.92. The summed E-state index contributed by atoms with van der Waals surface area (Å²) in [7, 11) is -2.44. The summed E-state index contributed by atoms with van der Waals surface area (Å²) in [6.07, 6.45) is 1.02. The van der Waals surface area contributed by atoms with E-state index >= 15 is 0 Å². The lowest BCUT2D eigenvalue weighted by molar-refractivity contribution is -0.114. The molecule has 0 aliphatic heterocycles. The average molecular weight is 390 g/mol. The van der Waals surface area contributed by atoms with Gasteiger partial charge in [0.15, 0.2) is 0 Å². The molecule has 27 heavy (non-hydrogen) atoms. The Balaban J connectivity index is 2.22. The number of hydrogen-bond donors (Lipinski definition) is 1. The summed E-state index contributed by atoms with van der Waals surface area (Å²) in [5.74, 6) is -0.996. The Morgan fingerprint density at radius 2 is 1.70 bits per heavy atom. The highest BCUT2D eigenvalue weighted by molar-refractivity contribution is 7.92. The number of nitrogens with zero attached hydrogens (tertiary/aromatic N) is 1. The standard InChI is InChI=1S/C19H22N2O5S/c1-13-5-10-17(14(2)11-13)20-18(22)12-21(27(4,24)25)16-8-6-15(7-9-16)19(23)26-3/h5-11H,12H2,1-4H3,(H,20,22). The predicted octanol–water partition coefficient (Wildman–Crippen LogP) is 2.49. The molecular formula is C19H22N2O5S. The molecule has 2 aromatic carbocycles. The van der Waals surface area contributed by atoms with Gasteiger partial charge in [-0.05, 0) is 49.7 Å². The highest BCUT2D eigenvalue weighted by Gasteiger charge is 2.21. The van der Waals surface area contributed by atoms with E-state index in [1.807, 2.05) is 26.0 Å². The topological polar surface area (TPSA) is 92.8 Å². The molecule has 0 heterocycles. The largest absolute Gasteiger partial charge is 0.465 e. The summed E-state index contributed by atoms with van der Waals surface area (Å²) in [4.78, 5) is 23.9. The first-order valence-electron chi connectivity index (χ1n) is 8.15. The summed E-state index contributed by atoms with van der Waals surface area (Å²) < 4.78 is 29.9. The van der Waals surface area contributed by atoms with E-state index in [9.17, 15) is 18.0 Å². The lowest BCUT2D eigenvalue weighted by atomic mass is 10.1. The lowest BCUT2D eigenvalue weighted by Crippen LogP contribution is -2.37. The fourth-order valence-corrected chi connectivity index (χ4v) is 3.41. The smallest absolute Gasteiger partial charge is 0.337 e. The molecule has 0 saturated carbocycles. The number of amides is 1. The summed E-state index contributed by atoms with van der Waals surface area (Å²) >= 11 is 0. The number of carbonyl (C=O) groups is 2. The van der Waals surface area contributed by atoms with Gasteiger partial charge in [0, 0.05) is 5.69 Å². The zero-order valence-electron chi connectivity index (χ0n) is 15.6. The van der Waals surface area contributed by atoms with Crippen molar-refractivity contribution in [2.24, 2.45) is 0 Å². The van der Waals surface area contributed by atoms with Gasteiger partial charge in [-0.1, -0.05) is 17.7 Å². The normalized spacial score (nSPS) is 11.0. The van der Waals surface area contributed by atoms with E-state index in [1.165, 1.54) is 31.4 Å². The fourth-order valence-electron chi connectivity index (χ4n) is 2.56. The molecule has 0 atom stereocenters. The molecule has 2 aromatic rings. The predicted molar refractivity (Wildman–Crippen MR) is 105 cm³/mol. The van der Waals surface area contributed by atoms with Gasteiger partial charge in [0.05, 0.1) is 24.6 Å². The molecule has 1 amide bonds. The van der Waals surface area contributed by atoms with Crippen LogP contribution in [0, 0.1) is 13.8 Å². The van der Waals surface area contributed by atoms with Crippen molar-refractivity contribution in [2.45, 2.75) is 13.8 Å². The zero-order chi connectivity index (χ0) is 20.2. The molecule has 2 rings (SSSR count). The van der Waals surface area contributed by atoms with Crippen LogP contribution in [0.15, 0.2) is 42.5 Å². The van der Waals surface area contributed by atoms with Crippen molar-refractivity contribution in [3.63, 3.8) is 0 Å². The Labute approximate surface area is 159 Å². The number of hydrogen-bond acceptors (Lipinski definition) is 5. The van der Waals surface area contributed by atoms with E-state index in [0.717, 1.165) is 21.7 Å². The minimum atomic E-state index is -3.70. The van der Waals surface area contributed by atoms with Gasteiger partial charge in [-0.15, -0.1) is 0 Å². The Bertz CT molecular complexity index is 953. The van der Waals surface area contributed by atoms with Crippen molar-refractivity contribution in [3.05, 3.63) is 59.2 Å². The van der Waals surface area contributed by atoms with Crippen molar-refractivity contribution in [1.29, 1.82) is 0 Å². The number of rotatable bonds is 6. The maximum atomic E-state index is 12.4. The monoisotopic (exact) mass is 390 g/mol. The Morgan fingerprint density at radius 3 is 2.22 bits per heavy atom. The summed E-state index contributed by atoms with van der Waals surface area (Å²) in [5.41, 5.74) is 3.14. The minimum absolute atomic E-state index is 0.279. The van der Waals surface area contributed by atoms with Gasteiger partial charge >= 0.3 is 5.97 Å². The molecule has 0 saturated heterocycles. The molecule has 144 valence electrons. The first kappa shape index (κ1) is 20.4. The number of ether oxygens (including phenoxy) is 1. The van der Waals surface area contributed by atoms with E-state index in [-0.39, 0.29) is 17.8 Å². The maximum absolute atomic E-state index is 12.4. The van der Waals surface area contributed by atoms with Crippen LogP contribution in [0.25, 0.3) is 0 Å². The van der Waals surface area contributed by atoms with Crippen LogP contribution in [0.3, 0.4) is 0 Å². The average Bonchev–Trinajstić information content (AvgIpc) is 2.60. The van der Waals surface area contributed by atoms with Gasteiger partial charge in [0.2, 0.25) is 15.9 Å². The second-order valence-corrected chi connectivity index (χ2v) is 8.08. The van der Waals surface area contributed by atoms with Gasteiger partial charge in [-0.25, -0.2) is 13.2 Å². The summed E-state index contributed by atoms with van der Waals surface area (Å²) in [6.45, 7) is 3.42. The molecule has 0 bridgehead atoms. The van der Waals surface area contributed by atoms with E-state index in [0.29, 0.717) is 5.69 Å². The molecule has 0 aromatic heterocycles. The number of methoxy groups -OCH3 is 1. The van der Waals surface area contributed by atoms with Crippen LogP contribution in [0.5, 0.6) is 0 Å². The molecule has 1 N–H and O–H groups in total. The molecule has 7 nitrogen and oxygen atoms in total. The SMILES string of the molecule is COC(=O)c1ccc(N(CC(=O)Nc2ccc(C)cc2C)S(C)(=O)=O)cc1. The number of sulfonamides is 1. The van der Waals surface area contributed by atoms with Crippen LogP contribution in [-0.2, 0) is 19.6 Å². The van der Waals surface area contributed by atoms with Crippen molar-refractivity contribution < 1.29 is 22.7 Å². The van der Waals surface area contributed by atoms with Crippen LogP contribution in [0.2, 0.25) is 0 Å². The minimum Gasteiger partial charge on any atom is -0.465 e. The Morgan fingerprint density at radius 1 is 1.07 bits per heavy atom. The van der Waals surface area contributed by atoms with Crippen molar-refractivity contribution in [3.8, 4) is 0 Å². The summed E-state index contributed by atoms with van der Waals surface area (Å²) in [5, 5.41) is 2.73. The highest BCUT2D eigenvalue weighted by Crippen LogP contribution is 2.20. The molecule has 0 aliphatic rings. The molecule has 0 aliphatic carbocycles. The number of benzene rings is 2. The molecule has 0 unspecified atom stereocenters. The van der Waals surface area contributed by atoms with E-state index in [1.54, 1.807) is 6.07 Å². The van der Waals surface area contributed by atoms with Gasteiger partial charge in [-0.2, -0.15) is 0 Å². The molecule has 0 spiro atoms. The van der Waals surface area contributed by atoms with Crippen LogP contribution in [0.4, 0.5) is 11.4 Å². The van der Waals surface area contributed by atoms with E-state index < -0.39 is 21.9 Å². The Kier molecular flexibility index (Phi) is 6.22. The number of nitrogens with one attached hydrogen (secondary N) is 1. The molecule has 8 heteroatoms. The molecular weight excluding hydrogens is 368 g/mol. The van der Waals surface area contributed by atoms with Gasteiger partial charge in [-0.3, -0.25) is 9.10 Å². The van der Waals surface area contributed by atoms with Crippen LogP contribution in [-0.4, -0.2) is 40.2 Å². The second kappa shape index (κ2) is 8.22. The third-order valence-corrected chi connectivity index (χ3v) is 5.06. The first-order chi connectivity index (χ1) is 12.6. The molecule has 0 radical (unpaired) electrons. The Hall–Kier alpha value is -2.87. The molecule has 0 fully saturated rings. The van der Waals surface area contributed by atoms with E-state index in [2.05, 4.69) is 10.1 Å². The third kappa shape index (κ3) is 5.30. The summed E-state index contributed by atoms with van der Waals surface area (Å²) in [6, 6.07) is 11.4. The van der Waals surface area contributed by atoms with Crippen molar-refractivity contribution in [1.82, 2.24) is 0 Å². The quantitative estimate of drug-likeness (QED) is 0.765. The first-order valence-corrected chi connectivity index (χ1v) is 10.00. The number of carbonyl (C=O) groups excluding carboxylic acids is 2. The van der Waals surface area contributed by atoms with Crippen LogP contribution >= 0.6 is 0 Å². The van der Waals surface area contributed by atoms with Gasteiger partial charge in [0.1, 0.15) is 6.54 Å². The lowest BCUT2D eigenvalue weighted by Gasteiger charge is -2.22. The van der Waals surface area contributed by atoms with Crippen LogP contribution < -0.4 is 9.62 Å².